The molecule has 3 rings (SSSR count). The van der Waals surface area contributed by atoms with E-state index in [4.69, 9.17) is 0 Å². The number of aromatic nitrogens is 2. The highest BCUT2D eigenvalue weighted by atomic mass is 79.9. The molecule has 3 N–H and O–H groups in total. The third-order valence-electron chi connectivity index (χ3n) is 3.01. The number of nitrogens with one attached hydrogen (secondary N) is 3. The summed E-state index contributed by atoms with van der Waals surface area (Å²) in [5, 5.41) is 12.7. The van der Waals surface area contributed by atoms with Crippen molar-refractivity contribution in [3.05, 3.63) is 53.1 Å². The Morgan fingerprint density at radius 3 is 2.32 bits per heavy atom. The topological polar surface area (TPSA) is 86.9 Å². The number of anilines is 2. The Balaban J connectivity index is 1.67. The monoisotopic (exact) mass is 358 g/mol. The Kier molecular flexibility index (Phi) is 3.88. The van der Waals surface area contributed by atoms with E-state index in [-0.39, 0.29) is 0 Å². The quantitative estimate of drug-likeness (QED) is 0.615. The van der Waals surface area contributed by atoms with Gasteiger partial charge in [-0.15, -0.1) is 0 Å². The molecule has 7 heteroatoms. The normalized spacial score (nSPS) is 10.4. The molecule has 0 bridgehead atoms. The smallest absolute Gasteiger partial charge is 0.314 e. The Morgan fingerprint density at radius 2 is 1.59 bits per heavy atom. The molecule has 22 heavy (non-hydrogen) atoms. The largest absolute Gasteiger partial charge is 0.318 e. The van der Waals surface area contributed by atoms with E-state index in [0.29, 0.717) is 11.4 Å². The van der Waals surface area contributed by atoms with Crippen LogP contribution in [0.2, 0.25) is 0 Å². The molecule has 0 aliphatic rings. The average Bonchev–Trinajstić information content (AvgIpc) is 2.97. The van der Waals surface area contributed by atoms with Crippen molar-refractivity contribution >= 4 is 50.0 Å². The fourth-order valence-corrected chi connectivity index (χ4v) is 2.19. The maximum atomic E-state index is 11.9. The van der Waals surface area contributed by atoms with Crippen LogP contribution >= 0.6 is 15.9 Å². The minimum absolute atomic E-state index is 0.521. The molecular formula is C15H11BrN4O2. The van der Waals surface area contributed by atoms with Gasteiger partial charge in [0, 0.05) is 21.2 Å². The second kappa shape index (κ2) is 5.98. The zero-order chi connectivity index (χ0) is 15.5. The van der Waals surface area contributed by atoms with E-state index in [1.807, 2.05) is 0 Å². The molecule has 0 fully saturated rings. The lowest BCUT2D eigenvalue weighted by molar-refractivity contribution is -0.132. The zero-order valence-electron chi connectivity index (χ0n) is 11.3. The van der Waals surface area contributed by atoms with Gasteiger partial charge in [-0.05, 0) is 42.5 Å². The number of aromatic amines is 1. The molecule has 0 saturated heterocycles. The molecule has 0 spiro atoms. The summed E-state index contributed by atoms with van der Waals surface area (Å²) in [6.07, 6.45) is 1.68. The van der Waals surface area contributed by atoms with E-state index in [2.05, 4.69) is 36.8 Å². The molecule has 2 aromatic carbocycles. The van der Waals surface area contributed by atoms with Crippen molar-refractivity contribution in [2.24, 2.45) is 0 Å². The van der Waals surface area contributed by atoms with E-state index in [9.17, 15) is 9.59 Å². The SMILES string of the molecule is O=C(Nc1ccc(Br)cc1)C(=O)Nc1ccc2cn[nH]c2c1. The molecule has 110 valence electrons. The van der Waals surface area contributed by atoms with E-state index in [1.165, 1.54) is 0 Å². The molecule has 3 aromatic rings. The predicted molar refractivity (Wildman–Crippen MR) is 87.5 cm³/mol. The summed E-state index contributed by atoms with van der Waals surface area (Å²) in [7, 11) is 0. The van der Waals surface area contributed by atoms with Gasteiger partial charge < -0.3 is 10.6 Å². The molecular weight excluding hydrogens is 348 g/mol. The lowest BCUT2D eigenvalue weighted by atomic mass is 10.2. The first-order valence-electron chi connectivity index (χ1n) is 6.43. The van der Waals surface area contributed by atoms with Gasteiger partial charge in [-0.25, -0.2) is 0 Å². The number of rotatable bonds is 2. The highest BCUT2D eigenvalue weighted by Gasteiger charge is 2.14. The van der Waals surface area contributed by atoms with Crippen LogP contribution in [0.3, 0.4) is 0 Å². The number of amides is 2. The van der Waals surface area contributed by atoms with Crippen LogP contribution in [0.1, 0.15) is 0 Å². The number of benzene rings is 2. The van der Waals surface area contributed by atoms with Crippen LogP contribution in [0.5, 0.6) is 0 Å². The molecule has 1 heterocycles. The number of halogens is 1. The van der Waals surface area contributed by atoms with Gasteiger partial charge in [0.15, 0.2) is 0 Å². The van der Waals surface area contributed by atoms with Crippen LogP contribution in [0.4, 0.5) is 11.4 Å². The average molecular weight is 359 g/mol. The lowest BCUT2D eigenvalue weighted by Crippen LogP contribution is -2.29. The Hall–Kier alpha value is -2.67. The minimum atomic E-state index is -0.734. The number of fused-ring (bicyclic) bond motifs is 1. The zero-order valence-corrected chi connectivity index (χ0v) is 12.8. The first-order valence-corrected chi connectivity index (χ1v) is 7.22. The molecule has 0 unspecified atom stereocenters. The summed E-state index contributed by atoms with van der Waals surface area (Å²) in [6.45, 7) is 0. The molecule has 2 amide bonds. The summed E-state index contributed by atoms with van der Waals surface area (Å²) in [4.78, 5) is 23.8. The van der Waals surface area contributed by atoms with Gasteiger partial charge in [-0.1, -0.05) is 15.9 Å². The lowest BCUT2D eigenvalue weighted by Gasteiger charge is -2.06. The summed E-state index contributed by atoms with van der Waals surface area (Å²) < 4.78 is 0.891. The fourth-order valence-electron chi connectivity index (χ4n) is 1.92. The second-order valence-electron chi connectivity index (χ2n) is 4.59. The molecule has 0 aliphatic carbocycles. The van der Waals surface area contributed by atoms with E-state index < -0.39 is 11.8 Å². The second-order valence-corrected chi connectivity index (χ2v) is 5.50. The van der Waals surface area contributed by atoms with Crippen molar-refractivity contribution in [2.45, 2.75) is 0 Å². The highest BCUT2D eigenvalue weighted by molar-refractivity contribution is 9.10. The molecule has 0 aliphatic heterocycles. The maximum absolute atomic E-state index is 11.9. The maximum Gasteiger partial charge on any atom is 0.314 e. The Labute approximate surface area is 134 Å². The van der Waals surface area contributed by atoms with Crippen molar-refractivity contribution in [1.29, 1.82) is 0 Å². The first-order chi connectivity index (χ1) is 10.6. The van der Waals surface area contributed by atoms with Gasteiger partial charge in [0.2, 0.25) is 0 Å². The summed E-state index contributed by atoms with van der Waals surface area (Å²) in [6, 6.07) is 12.2. The summed E-state index contributed by atoms with van der Waals surface area (Å²) >= 11 is 3.30. The molecule has 0 radical (unpaired) electrons. The van der Waals surface area contributed by atoms with Crippen LogP contribution in [0, 0.1) is 0 Å². The van der Waals surface area contributed by atoms with Gasteiger partial charge in [0.05, 0.1) is 11.7 Å². The van der Waals surface area contributed by atoms with Crippen LogP contribution in [0.25, 0.3) is 10.9 Å². The van der Waals surface area contributed by atoms with Gasteiger partial charge >= 0.3 is 11.8 Å². The molecule has 0 atom stereocenters. The first kappa shape index (κ1) is 14.3. The van der Waals surface area contributed by atoms with Gasteiger partial charge in [-0.3, -0.25) is 14.7 Å². The van der Waals surface area contributed by atoms with E-state index >= 15 is 0 Å². The van der Waals surface area contributed by atoms with Crippen molar-refractivity contribution in [2.75, 3.05) is 10.6 Å². The third kappa shape index (κ3) is 3.15. The van der Waals surface area contributed by atoms with Gasteiger partial charge in [0.1, 0.15) is 0 Å². The molecule has 0 saturated carbocycles. The van der Waals surface area contributed by atoms with Crippen molar-refractivity contribution in [1.82, 2.24) is 10.2 Å². The van der Waals surface area contributed by atoms with Crippen molar-refractivity contribution < 1.29 is 9.59 Å². The summed E-state index contributed by atoms with van der Waals surface area (Å²) in [5.41, 5.74) is 1.85. The number of carbonyl (C=O) groups is 2. The van der Waals surface area contributed by atoms with Gasteiger partial charge in [0.25, 0.3) is 0 Å². The highest BCUT2D eigenvalue weighted by Crippen LogP contribution is 2.17. The fraction of sp³-hybridized carbons (Fsp3) is 0. The number of nitrogens with zero attached hydrogens (tertiary/aromatic N) is 1. The summed E-state index contributed by atoms with van der Waals surface area (Å²) in [5.74, 6) is -1.46. The minimum Gasteiger partial charge on any atom is -0.318 e. The van der Waals surface area contributed by atoms with Crippen molar-refractivity contribution in [3.63, 3.8) is 0 Å². The predicted octanol–water partition coefficient (Wildman–Crippen LogP) is 2.90. The third-order valence-corrected chi connectivity index (χ3v) is 3.54. The van der Waals surface area contributed by atoms with Gasteiger partial charge in [-0.2, -0.15) is 5.10 Å². The number of hydrogen-bond donors (Lipinski definition) is 3. The van der Waals surface area contributed by atoms with Crippen LogP contribution in [-0.2, 0) is 9.59 Å². The number of carbonyl (C=O) groups excluding carboxylic acids is 2. The van der Waals surface area contributed by atoms with Crippen LogP contribution in [-0.4, -0.2) is 22.0 Å². The van der Waals surface area contributed by atoms with Crippen LogP contribution in [0.15, 0.2) is 53.1 Å². The molecule has 6 nitrogen and oxygen atoms in total. The standard InChI is InChI=1S/C15H11BrN4O2/c16-10-2-5-11(6-3-10)18-14(21)15(22)19-12-4-1-9-8-17-20-13(9)7-12/h1-8H,(H,17,20)(H,18,21)(H,19,22). The number of H-pyrrole nitrogens is 1. The molecule has 1 aromatic heterocycles. The van der Waals surface area contributed by atoms with E-state index in [0.717, 1.165) is 15.4 Å². The van der Waals surface area contributed by atoms with E-state index in [1.54, 1.807) is 48.7 Å². The Bertz CT molecular complexity index is 842. The van der Waals surface area contributed by atoms with Crippen molar-refractivity contribution in [3.8, 4) is 0 Å². The number of hydrogen-bond acceptors (Lipinski definition) is 3. The van der Waals surface area contributed by atoms with Crippen LogP contribution < -0.4 is 10.6 Å². The Morgan fingerprint density at radius 1 is 0.955 bits per heavy atom.